The fourth-order valence-corrected chi connectivity index (χ4v) is 3.76. The number of carbonyl (C=O) groups excluding carboxylic acids is 2. The van der Waals surface area contributed by atoms with E-state index in [1.807, 2.05) is 30.3 Å². The number of hydrogen-bond donors (Lipinski definition) is 1. The number of benzene rings is 2. The molecule has 2 amide bonds. The zero-order chi connectivity index (χ0) is 17.7. The molecule has 1 aliphatic carbocycles. The van der Waals surface area contributed by atoms with Gasteiger partial charge >= 0.3 is 5.69 Å². The first-order chi connectivity index (χ1) is 12.0. The van der Waals surface area contributed by atoms with E-state index in [1.165, 1.54) is 7.11 Å². The second-order valence-electron chi connectivity index (χ2n) is 5.40. The fraction of sp³-hybridized carbons (Fsp3) is 0.0588. The van der Waals surface area contributed by atoms with E-state index in [-0.39, 0.29) is 16.3 Å². The molecule has 4 rings (SSSR count). The first-order valence-corrected chi connectivity index (χ1v) is 8.07. The Bertz CT molecular complexity index is 998. The van der Waals surface area contributed by atoms with Gasteiger partial charge in [-0.25, -0.2) is 0 Å². The van der Waals surface area contributed by atoms with E-state index in [9.17, 15) is 19.7 Å². The van der Waals surface area contributed by atoms with E-state index >= 15 is 0 Å². The zero-order valence-electron chi connectivity index (χ0n) is 12.9. The number of nitrogens with zero attached hydrogens (tertiary/aromatic N) is 1. The molecule has 0 unspecified atom stereocenters. The number of thioether (sulfide) groups is 1. The summed E-state index contributed by atoms with van der Waals surface area (Å²) < 4.78 is 5.20. The molecule has 124 valence electrons. The number of nitrogens with one attached hydrogen (secondary N) is 1. The quantitative estimate of drug-likeness (QED) is 0.440. The van der Waals surface area contributed by atoms with Crippen LogP contribution in [0.5, 0.6) is 5.75 Å². The van der Waals surface area contributed by atoms with Gasteiger partial charge in [0, 0.05) is 11.1 Å². The highest BCUT2D eigenvalue weighted by molar-refractivity contribution is 8.18. The summed E-state index contributed by atoms with van der Waals surface area (Å²) in [5, 5.41) is 13.2. The fourth-order valence-electron chi connectivity index (χ4n) is 2.98. The molecule has 0 atom stereocenters. The number of imide groups is 1. The van der Waals surface area contributed by atoms with E-state index in [0.717, 1.165) is 22.9 Å². The van der Waals surface area contributed by atoms with Crippen LogP contribution < -0.4 is 10.1 Å². The van der Waals surface area contributed by atoms with Crippen molar-refractivity contribution in [3.63, 3.8) is 0 Å². The van der Waals surface area contributed by atoms with E-state index in [1.54, 1.807) is 6.07 Å². The van der Waals surface area contributed by atoms with Crippen LogP contribution in [0.4, 0.5) is 10.5 Å². The molecular formula is C17H10N2O5S. The number of carbonyl (C=O) groups is 2. The number of nitro groups is 1. The molecule has 1 fully saturated rings. The standard InChI is InChI=1S/C17H10N2O5S/c1-24-10-7-9(8-5-3-2-4-6-8)11-12(14(10)19(22)23)13(11)15-16(20)18-17(21)25-15/h2-7H,1H3,(H,18,20,21)/b15-13+. The van der Waals surface area contributed by atoms with Gasteiger partial charge in [-0.05, 0) is 29.0 Å². The summed E-state index contributed by atoms with van der Waals surface area (Å²) in [6.07, 6.45) is 0. The molecule has 1 heterocycles. The molecule has 2 aromatic carbocycles. The van der Waals surface area contributed by atoms with Crippen molar-refractivity contribution in [1.82, 2.24) is 5.32 Å². The van der Waals surface area contributed by atoms with Crippen LogP contribution in [0.2, 0.25) is 0 Å². The largest absolute Gasteiger partial charge is 0.490 e. The molecule has 1 aliphatic heterocycles. The van der Waals surface area contributed by atoms with Gasteiger partial charge in [0.2, 0.25) is 0 Å². The van der Waals surface area contributed by atoms with Crippen molar-refractivity contribution in [2.24, 2.45) is 0 Å². The van der Waals surface area contributed by atoms with Crippen molar-refractivity contribution >= 4 is 34.2 Å². The van der Waals surface area contributed by atoms with Gasteiger partial charge in [0.1, 0.15) is 0 Å². The Balaban J connectivity index is 2.01. The van der Waals surface area contributed by atoms with E-state index < -0.39 is 16.1 Å². The topological polar surface area (TPSA) is 98.5 Å². The van der Waals surface area contributed by atoms with Crippen molar-refractivity contribution in [3.8, 4) is 16.9 Å². The highest BCUT2D eigenvalue weighted by Crippen LogP contribution is 2.59. The third-order valence-electron chi connectivity index (χ3n) is 4.03. The monoisotopic (exact) mass is 354 g/mol. The Kier molecular flexibility index (Phi) is 3.36. The molecule has 0 saturated carbocycles. The molecular weight excluding hydrogens is 344 g/mol. The Labute approximate surface area is 145 Å². The molecule has 0 spiro atoms. The van der Waals surface area contributed by atoms with Crippen LogP contribution in [-0.2, 0) is 4.79 Å². The third kappa shape index (κ3) is 2.30. The van der Waals surface area contributed by atoms with E-state index in [2.05, 4.69) is 5.32 Å². The highest BCUT2D eigenvalue weighted by Gasteiger charge is 2.46. The molecule has 1 saturated heterocycles. The van der Waals surface area contributed by atoms with Crippen molar-refractivity contribution < 1.29 is 19.2 Å². The molecule has 8 heteroatoms. The lowest BCUT2D eigenvalue weighted by molar-refractivity contribution is -0.385. The minimum absolute atomic E-state index is 0.118. The van der Waals surface area contributed by atoms with Crippen LogP contribution in [0, 0.1) is 10.1 Å². The smallest absolute Gasteiger partial charge is 0.319 e. The van der Waals surface area contributed by atoms with Crippen LogP contribution in [0.15, 0.2) is 41.3 Å². The molecule has 0 bridgehead atoms. The maximum atomic E-state index is 12.0. The van der Waals surface area contributed by atoms with Crippen molar-refractivity contribution in [3.05, 3.63) is 62.5 Å². The van der Waals surface area contributed by atoms with E-state index in [4.69, 9.17) is 4.74 Å². The Morgan fingerprint density at radius 1 is 1.16 bits per heavy atom. The third-order valence-corrected chi connectivity index (χ3v) is 4.91. The van der Waals surface area contributed by atoms with Gasteiger partial charge in [-0.1, -0.05) is 30.3 Å². The first-order valence-electron chi connectivity index (χ1n) is 7.26. The average Bonchev–Trinajstić information content (AvgIpc) is 3.23. The maximum Gasteiger partial charge on any atom is 0.319 e. The normalized spacial score (nSPS) is 18.0. The van der Waals surface area contributed by atoms with Gasteiger partial charge in [0.25, 0.3) is 11.1 Å². The number of fused-ring (bicyclic) bond motifs is 1. The van der Waals surface area contributed by atoms with Gasteiger partial charge in [0.05, 0.1) is 22.5 Å². The molecule has 2 aromatic rings. The minimum atomic E-state index is -0.534. The summed E-state index contributed by atoms with van der Waals surface area (Å²) >= 11 is 0.755. The van der Waals surface area contributed by atoms with Crippen LogP contribution in [0.1, 0.15) is 11.1 Å². The average molecular weight is 354 g/mol. The van der Waals surface area contributed by atoms with Crippen LogP contribution in [-0.4, -0.2) is 23.2 Å². The van der Waals surface area contributed by atoms with Gasteiger partial charge in [-0.3, -0.25) is 25.0 Å². The summed E-state index contributed by atoms with van der Waals surface area (Å²) in [7, 11) is 1.36. The molecule has 7 nitrogen and oxygen atoms in total. The maximum absolute atomic E-state index is 12.0. The molecule has 2 aliphatic rings. The molecule has 25 heavy (non-hydrogen) atoms. The molecule has 0 aromatic heterocycles. The summed E-state index contributed by atoms with van der Waals surface area (Å²) in [6.45, 7) is 0. The number of ether oxygens (including phenoxy) is 1. The number of hydrogen-bond acceptors (Lipinski definition) is 6. The predicted octanol–water partition coefficient (Wildman–Crippen LogP) is 3.33. The second-order valence-corrected chi connectivity index (χ2v) is 6.38. The Morgan fingerprint density at radius 3 is 2.44 bits per heavy atom. The first kappa shape index (κ1) is 15.4. The van der Waals surface area contributed by atoms with Gasteiger partial charge in [-0.2, -0.15) is 0 Å². The lowest BCUT2D eigenvalue weighted by Crippen LogP contribution is -2.17. The van der Waals surface area contributed by atoms with Gasteiger partial charge in [-0.15, -0.1) is 0 Å². The number of amides is 2. The van der Waals surface area contributed by atoms with Crippen molar-refractivity contribution in [1.29, 1.82) is 0 Å². The summed E-state index contributed by atoms with van der Waals surface area (Å²) in [4.78, 5) is 34.7. The minimum Gasteiger partial charge on any atom is -0.490 e. The van der Waals surface area contributed by atoms with Gasteiger partial charge in [0.15, 0.2) is 5.75 Å². The highest BCUT2D eigenvalue weighted by atomic mass is 32.2. The van der Waals surface area contributed by atoms with Crippen LogP contribution >= 0.6 is 11.8 Å². The summed E-state index contributed by atoms with van der Waals surface area (Å²) in [5.74, 6) is -0.415. The van der Waals surface area contributed by atoms with Crippen molar-refractivity contribution in [2.45, 2.75) is 0 Å². The van der Waals surface area contributed by atoms with Crippen LogP contribution in [0.25, 0.3) is 16.7 Å². The van der Waals surface area contributed by atoms with E-state index in [0.29, 0.717) is 16.7 Å². The predicted molar refractivity (Wildman–Crippen MR) is 92.2 cm³/mol. The van der Waals surface area contributed by atoms with Crippen LogP contribution in [0.3, 0.4) is 0 Å². The van der Waals surface area contributed by atoms with Crippen molar-refractivity contribution in [2.75, 3.05) is 7.11 Å². The lowest BCUT2D eigenvalue weighted by Gasteiger charge is -2.04. The molecule has 0 radical (unpaired) electrons. The Hall–Kier alpha value is -3.13. The lowest BCUT2D eigenvalue weighted by atomic mass is 10.0. The Morgan fingerprint density at radius 2 is 1.88 bits per heavy atom. The second kappa shape index (κ2) is 5.45. The summed E-state index contributed by atoms with van der Waals surface area (Å²) in [5.41, 5.74) is 2.81. The zero-order valence-corrected chi connectivity index (χ0v) is 13.7. The SMILES string of the molecule is COc1cc(-c2ccccc2)c2c(c1[N+](=O)[O-])/C2=C1/SC(=O)NC1=O. The number of nitro benzene ring substituents is 1. The number of rotatable bonds is 3. The van der Waals surface area contributed by atoms with Gasteiger partial charge < -0.3 is 4.74 Å². The summed E-state index contributed by atoms with van der Waals surface area (Å²) in [6, 6.07) is 10.9. The number of methoxy groups -OCH3 is 1. The molecule has 1 N–H and O–H groups in total.